The maximum Gasteiger partial charge on any atom is 0.127 e. The minimum atomic E-state index is 0. The number of piperazine rings is 1. The van der Waals surface area contributed by atoms with Crippen molar-refractivity contribution in [1.82, 2.24) is 24.8 Å². The number of nitrogens with one attached hydrogen (secondary N) is 1. The number of imidazole rings is 1. The lowest BCUT2D eigenvalue weighted by molar-refractivity contribution is 0.143. The summed E-state index contributed by atoms with van der Waals surface area (Å²) in [5.41, 5.74) is 1.19. The molecule has 2 aromatic rings. The zero-order valence-electron chi connectivity index (χ0n) is 12.5. The van der Waals surface area contributed by atoms with E-state index in [1.165, 1.54) is 10.7 Å². The Hall–Kier alpha value is -0.950. The second-order valence-corrected chi connectivity index (χ2v) is 6.12. The van der Waals surface area contributed by atoms with Crippen LogP contribution >= 0.6 is 23.7 Å². The molecule has 0 radical (unpaired) electrons. The number of nitrogens with zero attached hydrogens (tertiary/aromatic N) is 4. The molecule has 1 aliphatic rings. The molecule has 1 saturated heterocycles. The molecule has 0 amide bonds. The molecule has 0 bridgehead atoms. The predicted octanol–water partition coefficient (Wildman–Crippen LogP) is 2.01. The van der Waals surface area contributed by atoms with Crippen LogP contribution in [0, 0.1) is 0 Å². The van der Waals surface area contributed by atoms with Crippen molar-refractivity contribution in [3.8, 4) is 0 Å². The van der Waals surface area contributed by atoms with Crippen LogP contribution in [-0.2, 0) is 20.0 Å². The van der Waals surface area contributed by atoms with Gasteiger partial charge >= 0.3 is 0 Å². The number of hydrogen-bond donors (Lipinski definition) is 1. The minimum Gasteiger partial charge on any atom is -0.337 e. The molecule has 0 aliphatic carbocycles. The highest BCUT2D eigenvalue weighted by molar-refractivity contribution is 7.09. The first-order valence-corrected chi connectivity index (χ1v) is 8.01. The summed E-state index contributed by atoms with van der Waals surface area (Å²) in [6.45, 7) is 6.09. The first-order chi connectivity index (χ1) is 9.78. The summed E-state index contributed by atoms with van der Waals surface area (Å²) in [6.07, 6.45) is 4.91. The Labute approximate surface area is 135 Å². The van der Waals surface area contributed by atoms with Gasteiger partial charge < -0.3 is 9.88 Å². The van der Waals surface area contributed by atoms with Gasteiger partial charge in [-0.25, -0.2) is 9.97 Å². The zero-order valence-corrected chi connectivity index (χ0v) is 14.1. The van der Waals surface area contributed by atoms with Gasteiger partial charge in [0.15, 0.2) is 0 Å². The van der Waals surface area contributed by atoms with Crippen LogP contribution in [0.25, 0.3) is 0 Å². The van der Waals surface area contributed by atoms with E-state index >= 15 is 0 Å². The van der Waals surface area contributed by atoms with E-state index in [0.717, 1.165) is 38.4 Å². The second-order valence-electron chi connectivity index (χ2n) is 5.17. The first kappa shape index (κ1) is 16.4. The molecule has 3 heterocycles. The Kier molecular flexibility index (Phi) is 5.75. The smallest absolute Gasteiger partial charge is 0.127 e. The average Bonchev–Trinajstić information content (AvgIpc) is 3.08. The summed E-state index contributed by atoms with van der Waals surface area (Å²) >= 11 is 1.77. The molecule has 2 aromatic heterocycles. The molecule has 1 atom stereocenters. The van der Waals surface area contributed by atoms with Gasteiger partial charge in [0.1, 0.15) is 5.82 Å². The molecule has 1 unspecified atom stereocenters. The fraction of sp³-hybridized carbons (Fsp3) is 0.571. The molecular weight excluding hydrogens is 306 g/mol. The van der Waals surface area contributed by atoms with Crippen LogP contribution in [-0.4, -0.2) is 39.1 Å². The average molecular weight is 328 g/mol. The van der Waals surface area contributed by atoms with Gasteiger partial charge in [0.05, 0.1) is 16.7 Å². The Morgan fingerprint density at radius 1 is 1.48 bits per heavy atom. The van der Waals surface area contributed by atoms with E-state index in [-0.39, 0.29) is 12.4 Å². The largest absolute Gasteiger partial charge is 0.337 e. The van der Waals surface area contributed by atoms with E-state index in [1.807, 2.05) is 12.4 Å². The van der Waals surface area contributed by atoms with Crippen LogP contribution < -0.4 is 5.32 Å². The van der Waals surface area contributed by atoms with E-state index in [9.17, 15) is 0 Å². The van der Waals surface area contributed by atoms with Gasteiger partial charge in [0, 0.05) is 51.0 Å². The summed E-state index contributed by atoms with van der Waals surface area (Å²) in [6, 6.07) is 0.329. The van der Waals surface area contributed by atoms with Gasteiger partial charge in [0.25, 0.3) is 0 Å². The number of aryl methyl sites for hydroxylation is 2. The van der Waals surface area contributed by atoms with Crippen LogP contribution in [0.3, 0.4) is 0 Å². The van der Waals surface area contributed by atoms with E-state index in [1.54, 1.807) is 11.3 Å². The van der Waals surface area contributed by atoms with Crippen LogP contribution in [0.2, 0.25) is 0 Å². The highest BCUT2D eigenvalue weighted by Crippen LogP contribution is 2.23. The van der Waals surface area contributed by atoms with Crippen molar-refractivity contribution in [2.24, 2.45) is 7.05 Å². The van der Waals surface area contributed by atoms with Crippen LogP contribution in [0.4, 0.5) is 0 Å². The zero-order chi connectivity index (χ0) is 13.9. The van der Waals surface area contributed by atoms with Gasteiger partial charge in [-0.2, -0.15) is 0 Å². The summed E-state index contributed by atoms with van der Waals surface area (Å²) in [4.78, 5) is 11.7. The molecule has 1 N–H and O–H groups in total. The third kappa shape index (κ3) is 3.63. The van der Waals surface area contributed by atoms with E-state index in [4.69, 9.17) is 4.98 Å². The topological polar surface area (TPSA) is 46.0 Å². The molecule has 0 aromatic carbocycles. The monoisotopic (exact) mass is 327 g/mol. The van der Waals surface area contributed by atoms with Crippen molar-refractivity contribution in [2.75, 3.05) is 19.6 Å². The van der Waals surface area contributed by atoms with Crippen molar-refractivity contribution in [3.05, 3.63) is 34.3 Å². The maximum atomic E-state index is 4.69. The molecule has 7 heteroatoms. The SMILES string of the molecule is CCc1nc(CN2CCNCC2c2nccn2C)cs1.Cl. The van der Waals surface area contributed by atoms with Crippen molar-refractivity contribution < 1.29 is 0 Å². The van der Waals surface area contributed by atoms with Gasteiger partial charge in [-0.05, 0) is 6.42 Å². The summed E-state index contributed by atoms with van der Waals surface area (Å²) in [5, 5.41) is 6.89. The van der Waals surface area contributed by atoms with Crippen LogP contribution in [0.15, 0.2) is 17.8 Å². The number of rotatable bonds is 4. The summed E-state index contributed by atoms with van der Waals surface area (Å²) in [5.74, 6) is 1.13. The third-order valence-corrected chi connectivity index (χ3v) is 4.82. The molecule has 1 fully saturated rings. The number of hydrogen-bond acceptors (Lipinski definition) is 5. The molecule has 0 saturated carbocycles. The number of halogens is 1. The predicted molar refractivity (Wildman–Crippen MR) is 88.0 cm³/mol. The van der Waals surface area contributed by atoms with Gasteiger partial charge in [-0.1, -0.05) is 6.92 Å². The molecule has 5 nitrogen and oxygen atoms in total. The van der Waals surface area contributed by atoms with E-state index in [0.29, 0.717) is 6.04 Å². The maximum absolute atomic E-state index is 4.69. The Balaban J connectivity index is 0.00000161. The standard InChI is InChI=1S/C14H21N5S.ClH/c1-3-13-17-11(10-20-13)9-19-7-4-15-8-12(19)14-16-5-6-18(14)2;/h5-6,10,12,15H,3-4,7-9H2,1-2H3;1H. The van der Waals surface area contributed by atoms with Gasteiger partial charge in [-0.15, -0.1) is 23.7 Å². The lowest BCUT2D eigenvalue weighted by Gasteiger charge is -2.35. The molecule has 3 rings (SSSR count). The quantitative estimate of drug-likeness (QED) is 0.933. The Morgan fingerprint density at radius 2 is 2.33 bits per heavy atom. The van der Waals surface area contributed by atoms with Crippen molar-refractivity contribution in [3.63, 3.8) is 0 Å². The number of aromatic nitrogens is 3. The Morgan fingerprint density at radius 3 is 3.00 bits per heavy atom. The first-order valence-electron chi connectivity index (χ1n) is 7.13. The molecule has 1 aliphatic heterocycles. The summed E-state index contributed by atoms with van der Waals surface area (Å²) < 4.78 is 2.11. The third-order valence-electron chi connectivity index (χ3n) is 3.78. The Bertz CT molecular complexity index is 567. The van der Waals surface area contributed by atoms with Gasteiger partial charge in [0.2, 0.25) is 0 Å². The van der Waals surface area contributed by atoms with E-state index < -0.39 is 0 Å². The van der Waals surface area contributed by atoms with Crippen LogP contribution in [0.5, 0.6) is 0 Å². The second kappa shape index (κ2) is 7.35. The molecule has 116 valence electrons. The lowest BCUT2D eigenvalue weighted by atomic mass is 10.1. The minimum absolute atomic E-state index is 0. The molecular formula is C14H22ClN5S. The number of thiazole rings is 1. The fourth-order valence-electron chi connectivity index (χ4n) is 2.68. The van der Waals surface area contributed by atoms with Crippen molar-refractivity contribution in [2.45, 2.75) is 25.9 Å². The highest BCUT2D eigenvalue weighted by Gasteiger charge is 2.27. The van der Waals surface area contributed by atoms with E-state index in [2.05, 4.69) is 39.1 Å². The highest BCUT2D eigenvalue weighted by atomic mass is 35.5. The summed E-state index contributed by atoms with van der Waals surface area (Å²) in [7, 11) is 2.06. The van der Waals surface area contributed by atoms with Crippen molar-refractivity contribution >= 4 is 23.7 Å². The molecule has 21 heavy (non-hydrogen) atoms. The van der Waals surface area contributed by atoms with Crippen LogP contribution in [0.1, 0.15) is 29.5 Å². The normalized spacial score (nSPS) is 19.4. The molecule has 0 spiro atoms. The fourth-order valence-corrected chi connectivity index (χ4v) is 3.42. The van der Waals surface area contributed by atoms with Gasteiger partial charge in [-0.3, -0.25) is 4.90 Å². The van der Waals surface area contributed by atoms with Crippen molar-refractivity contribution in [1.29, 1.82) is 0 Å². The lowest BCUT2D eigenvalue weighted by Crippen LogP contribution is -2.46.